The lowest BCUT2D eigenvalue weighted by Crippen LogP contribution is -2.36. The largest absolute Gasteiger partial charge is 0.443 e. The number of benzene rings is 1. The molecule has 1 amide bonds. The van der Waals surface area contributed by atoms with Gasteiger partial charge >= 0.3 is 5.97 Å². The minimum Gasteiger partial charge on any atom is -0.443 e. The summed E-state index contributed by atoms with van der Waals surface area (Å²) in [6, 6.07) is 8.69. The number of halogens is 1. The molecule has 0 radical (unpaired) electrons. The van der Waals surface area contributed by atoms with Crippen molar-refractivity contribution in [3.63, 3.8) is 0 Å². The summed E-state index contributed by atoms with van der Waals surface area (Å²) >= 11 is 1.23. The molecule has 0 bridgehead atoms. The molecule has 1 aliphatic rings. The first kappa shape index (κ1) is 17.6. The molecule has 1 aliphatic heterocycles. The first-order valence-electron chi connectivity index (χ1n) is 8.03. The van der Waals surface area contributed by atoms with Crippen LogP contribution in [-0.4, -0.2) is 31.1 Å². The summed E-state index contributed by atoms with van der Waals surface area (Å²) in [6.45, 7) is 1.04. The number of hydrogen-bond donors (Lipinski definition) is 1. The summed E-state index contributed by atoms with van der Waals surface area (Å²) in [5.41, 5.74) is 0.413. The number of thiophene rings is 1. The average molecular weight is 363 g/mol. The third kappa shape index (κ3) is 4.64. The summed E-state index contributed by atoms with van der Waals surface area (Å²) in [6.07, 6.45) is 0.689. The normalized spacial score (nSPS) is 17.9. The molecule has 1 N–H and O–H groups in total. The van der Waals surface area contributed by atoms with Crippen LogP contribution in [0.1, 0.15) is 34.2 Å². The fourth-order valence-electron chi connectivity index (χ4n) is 2.58. The Morgan fingerprint density at radius 3 is 2.76 bits per heavy atom. The van der Waals surface area contributed by atoms with Crippen LogP contribution in [0.2, 0.25) is 0 Å². The Labute approximate surface area is 148 Å². The maximum absolute atomic E-state index is 13.2. The number of esters is 1. The molecular formula is C18H18FNO4S. The first-order valence-corrected chi connectivity index (χ1v) is 8.91. The van der Waals surface area contributed by atoms with Crippen LogP contribution in [0.5, 0.6) is 0 Å². The highest BCUT2D eigenvalue weighted by atomic mass is 32.1. The molecule has 2 aromatic rings. The van der Waals surface area contributed by atoms with Crippen molar-refractivity contribution < 1.29 is 23.5 Å². The maximum Gasteiger partial charge on any atom is 0.349 e. The van der Waals surface area contributed by atoms with Crippen LogP contribution < -0.4 is 5.32 Å². The maximum atomic E-state index is 13.2. The van der Waals surface area contributed by atoms with Gasteiger partial charge in [0.05, 0.1) is 6.10 Å². The minimum atomic E-state index is -1.14. The van der Waals surface area contributed by atoms with Gasteiger partial charge in [0.25, 0.3) is 5.91 Å². The topological polar surface area (TPSA) is 64.6 Å². The molecule has 1 aromatic heterocycles. The van der Waals surface area contributed by atoms with Crippen LogP contribution in [0.4, 0.5) is 4.39 Å². The van der Waals surface area contributed by atoms with Gasteiger partial charge in [0, 0.05) is 18.7 Å². The zero-order chi connectivity index (χ0) is 17.6. The predicted molar refractivity (Wildman–Crippen MR) is 90.9 cm³/mol. The molecule has 132 valence electrons. The summed E-state index contributed by atoms with van der Waals surface area (Å²) < 4.78 is 24.0. The van der Waals surface area contributed by atoms with E-state index in [1.54, 1.807) is 17.5 Å². The first-order chi connectivity index (χ1) is 12.1. The Morgan fingerprint density at radius 1 is 1.32 bits per heavy atom. The summed E-state index contributed by atoms with van der Waals surface area (Å²) in [5.74, 6) is -1.46. The SMILES string of the molecule is O=C(O[C@@H](C(=O)NC[C@H]1CCCO1)c1ccc(F)cc1)c1cccs1. The Hall–Kier alpha value is -2.25. The van der Waals surface area contributed by atoms with Gasteiger partial charge in [-0.15, -0.1) is 11.3 Å². The highest BCUT2D eigenvalue weighted by molar-refractivity contribution is 7.11. The molecule has 5 nitrogen and oxygen atoms in total. The van der Waals surface area contributed by atoms with Gasteiger partial charge in [-0.05, 0) is 36.4 Å². The van der Waals surface area contributed by atoms with Crippen molar-refractivity contribution >= 4 is 23.2 Å². The third-order valence-electron chi connectivity index (χ3n) is 3.89. The van der Waals surface area contributed by atoms with Crippen molar-refractivity contribution in [3.8, 4) is 0 Å². The number of nitrogens with one attached hydrogen (secondary N) is 1. The molecule has 0 saturated carbocycles. The Balaban J connectivity index is 1.72. The second-order valence-electron chi connectivity index (χ2n) is 5.69. The van der Waals surface area contributed by atoms with Gasteiger partial charge in [-0.1, -0.05) is 18.2 Å². The van der Waals surface area contributed by atoms with Gasteiger partial charge in [-0.2, -0.15) is 0 Å². The van der Waals surface area contributed by atoms with Crippen molar-refractivity contribution in [2.45, 2.75) is 25.0 Å². The zero-order valence-corrected chi connectivity index (χ0v) is 14.3. The van der Waals surface area contributed by atoms with Crippen molar-refractivity contribution in [1.29, 1.82) is 0 Å². The van der Waals surface area contributed by atoms with E-state index in [1.807, 2.05) is 0 Å². The molecule has 7 heteroatoms. The van der Waals surface area contributed by atoms with E-state index in [4.69, 9.17) is 9.47 Å². The molecule has 3 rings (SSSR count). The lowest BCUT2D eigenvalue weighted by Gasteiger charge is -2.19. The fourth-order valence-corrected chi connectivity index (χ4v) is 3.19. The highest BCUT2D eigenvalue weighted by Gasteiger charge is 2.27. The number of rotatable bonds is 6. The van der Waals surface area contributed by atoms with E-state index in [2.05, 4.69) is 5.32 Å². The van der Waals surface area contributed by atoms with E-state index < -0.39 is 23.8 Å². The Morgan fingerprint density at radius 2 is 2.12 bits per heavy atom. The molecule has 1 saturated heterocycles. The van der Waals surface area contributed by atoms with Gasteiger partial charge in [-0.25, -0.2) is 9.18 Å². The minimum absolute atomic E-state index is 0.0224. The van der Waals surface area contributed by atoms with Gasteiger partial charge in [0.15, 0.2) is 0 Å². The lowest BCUT2D eigenvalue weighted by atomic mass is 10.1. The zero-order valence-electron chi connectivity index (χ0n) is 13.4. The van der Waals surface area contributed by atoms with E-state index in [9.17, 15) is 14.0 Å². The fraction of sp³-hybridized carbons (Fsp3) is 0.333. The van der Waals surface area contributed by atoms with E-state index >= 15 is 0 Å². The number of ether oxygens (including phenoxy) is 2. The Kier molecular flexibility index (Phi) is 5.78. The smallest absolute Gasteiger partial charge is 0.349 e. The molecule has 0 aliphatic carbocycles. The third-order valence-corrected chi connectivity index (χ3v) is 4.74. The van der Waals surface area contributed by atoms with Crippen LogP contribution in [0, 0.1) is 5.82 Å². The van der Waals surface area contributed by atoms with Gasteiger partial charge < -0.3 is 14.8 Å². The monoisotopic (exact) mass is 363 g/mol. The second-order valence-corrected chi connectivity index (χ2v) is 6.64. The van der Waals surface area contributed by atoms with Gasteiger partial charge in [0.2, 0.25) is 6.10 Å². The van der Waals surface area contributed by atoms with Gasteiger partial charge in [0.1, 0.15) is 10.7 Å². The van der Waals surface area contributed by atoms with Gasteiger partial charge in [-0.3, -0.25) is 4.79 Å². The van der Waals surface area contributed by atoms with Crippen molar-refractivity contribution in [1.82, 2.24) is 5.32 Å². The number of amides is 1. The van der Waals surface area contributed by atoms with E-state index in [0.29, 0.717) is 23.6 Å². The molecule has 1 fully saturated rings. The standard InChI is InChI=1S/C18H18FNO4S/c19-13-7-5-12(6-8-13)16(24-18(22)15-4-2-10-25-15)17(21)20-11-14-3-1-9-23-14/h2,4-8,10,14,16H,1,3,9,11H2,(H,20,21)/t14-,16-/m1/s1. The Bertz CT molecular complexity index is 711. The van der Waals surface area contributed by atoms with Crippen molar-refractivity contribution in [2.75, 3.05) is 13.2 Å². The summed E-state index contributed by atoms with van der Waals surface area (Å²) in [4.78, 5) is 25.2. The van der Waals surface area contributed by atoms with Crippen LogP contribution >= 0.6 is 11.3 Å². The van der Waals surface area contributed by atoms with Crippen LogP contribution in [-0.2, 0) is 14.3 Å². The van der Waals surface area contributed by atoms with Crippen molar-refractivity contribution in [2.24, 2.45) is 0 Å². The summed E-state index contributed by atoms with van der Waals surface area (Å²) in [5, 5.41) is 4.51. The lowest BCUT2D eigenvalue weighted by molar-refractivity contribution is -0.130. The van der Waals surface area contributed by atoms with Crippen LogP contribution in [0.3, 0.4) is 0 Å². The quantitative estimate of drug-likeness (QED) is 0.801. The van der Waals surface area contributed by atoms with Crippen molar-refractivity contribution in [3.05, 3.63) is 58.0 Å². The molecular weight excluding hydrogens is 345 g/mol. The summed E-state index contributed by atoms with van der Waals surface area (Å²) in [7, 11) is 0. The van der Waals surface area contributed by atoms with E-state index in [1.165, 1.54) is 35.6 Å². The molecule has 1 aromatic carbocycles. The highest BCUT2D eigenvalue weighted by Crippen LogP contribution is 2.22. The van der Waals surface area contributed by atoms with E-state index in [-0.39, 0.29) is 6.10 Å². The number of hydrogen-bond acceptors (Lipinski definition) is 5. The molecule has 2 heterocycles. The predicted octanol–water partition coefficient (Wildman–Crippen LogP) is 3.08. The molecule has 2 atom stereocenters. The number of carbonyl (C=O) groups excluding carboxylic acids is 2. The molecule has 0 unspecified atom stereocenters. The van der Waals surface area contributed by atoms with Crippen LogP contribution in [0.25, 0.3) is 0 Å². The number of carbonyl (C=O) groups is 2. The van der Waals surface area contributed by atoms with E-state index in [0.717, 1.165) is 12.8 Å². The van der Waals surface area contributed by atoms with Crippen LogP contribution in [0.15, 0.2) is 41.8 Å². The molecule has 25 heavy (non-hydrogen) atoms. The molecule has 0 spiro atoms. The average Bonchev–Trinajstić information content (AvgIpc) is 3.31. The second kappa shape index (κ2) is 8.22.